The highest BCUT2D eigenvalue weighted by Gasteiger charge is 2.14. The van der Waals surface area contributed by atoms with E-state index in [9.17, 15) is 9.90 Å². The summed E-state index contributed by atoms with van der Waals surface area (Å²) < 4.78 is 2.27. The van der Waals surface area contributed by atoms with Crippen LogP contribution in [0.3, 0.4) is 0 Å². The van der Waals surface area contributed by atoms with Crippen LogP contribution in [-0.2, 0) is 6.54 Å². The summed E-state index contributed by atoms with van der Waals surface area (Å²) in [4.78, 5) is 18.5. The summed E-state index contributed by atoms with van der Waals surface area (Å²) in [5.74, 6) is 0.865. The van der Waals surface area contributed by atoms with E-state index in [2.05, 4.69) is 33.1 Å². The quantitative estimate of drug-likeness (QED) is 0.329. The van der Waals surface area contributed by atoms with Crippen LogP contribution in [0.25, 0.3) is 22.2 Å². The number of amides is 1. The first kappa shape index (κ1) is 22.2. The number of phenols is 1. The lowest BCUT2D eigenvalue weighted by molar-refractivity contribution is 0.0827. The van der Waals surface area contributed by atoms with Crippen molar-refractivity contribution in [3.05, 3.63) is 108 Å². The fraction of sp³-hybridized carbons (Fsp3) is 0.103. The zero-order valence-electron chi connectivity index (χ0n) is 19.6. The fourth-order valence-electron chi connectivity index (χ4n) is 4.17. The molecule has 3 aromatic carbocycles. The number of anilines is 2. The van der Waals surface area contributed by atoms with Crippen molar-refractivity contribution in [3.8, 4) is 17.0 Å². The maximum Gasteiger partial charge on any atom is 0.253 e. The highest BCUT2D eigenvalue weighted by molar-refractivity contribution is 5.95. The van der Waals surface area contributed by atoms with Gasteiger partial charge in [0.25, 0.3) is 5.91 Å². The molecule has 6 heteroatoms. The Kier molecular flexibility index (Phi) is 5.94. The van der Waals surface area contributed by atoms with Gasteiger partial charge in [0, 0.05) is 61.3 Å². The van der Waals surface area contributed by atoms with Gasteiger partial charge >= 0.3 is 0 Å². The standard InChI is InChI=1S/C29H26N4O2/c1-32(2)29(35)22-13-11-21(12-14-22)26-15-23-18-30-28(31-24-9-6-10-25(34)16-24)17-27(23)33(26)19-20-7-4-3-5-8-20/h3-18,34H,19H2,1-2H3,(H,30,31). The van der Waals surface area contributed by atoms with E-state index in [0.29, 0.717) is 17.9 Å². The molecule has 0 spiro atoms. The first-order valence-corrected chi connectivity index (χ1v) is 11.4. The molecule has 0 atom stereocenters. The second kappa shape index (κ2) is 9.35. The molecular weight excluding hydrogens is 436 g/mol. The highest BCUT2D eigenvalue weighted by Crippen LogP contribution is 2.31. The molecule has 174 valence electrons. The molecule has 2 aromatic heterocycles. The average molecular weight is 463 g/mol. The van der Waals surface area contributed by atoms with E-state index in [0.717, 1.165) is 27.8 Å². The van der Waals surface area contributed by atoms with Crippen molar-refractivity contribution in [3.63, 3.8) is 0 Å². The summed E-state index contributed by atoms with van der Waals surface area (Å²) in [5.41, 5.74) is 5.71. The first-order valence-electron chi connectivity index (χ1n) is 11.4. The number of pyridine rings is 1. The van der Waals surface area contributed by atoms with Crippen molar-refractivity contribution in [1.82, 2.24) is 14.5 Å². The number of carbonyl (C=O) groups is 1. The predicted octanol–water partition coefficient (Wildman–Crippen LogP) is 5.90. The van der Waals surface area contributed by atoms with Gasteiger partial charge in [0.05, 0.1) is 5.52 Å². The molecule has 35 heavy (non-hydrogen) atoms. The molecule has 0 aliphatic rings. The molecule has 0 saturated heterocycles. The molecule has 0 saturated carbocycles. The summed E-state index contributed by atoms with van der Waals surface area (Å²) in [5, 5.41) is 14.1. The number of phenolic OH excluding ortho intramolecular Hbond substituents is 1. The third kappa shape index (κ3) is 4.73. The minimum atomic E-state index is -0.0201. The number of rotatable bonds is 6. The summed E-state index contributed by atoms with van der Waals surface area (Å²) in [6.07, 6.45) is 1.86. The number of nitrogens with one attached hydrogen (secondary N) is 1. The number of aromatic nitrogens is 2. The molecule has 0 fully saturated rings. The van der Waals surface area contributed by atoms with E-state index in [4.69, 9.17) is 0 Å². The van der Waals surface area contributed by atoms with Crippen molar-refractivity contribution in [2.24, 2.45) is 0 Å². The smallest absolute Gasteiger partial charge is 0.253 e. The molecule has 5 aromatic rings. The second-order valence-electron chi connectivity index (χ2n) is 8.68. The number of carbonyl (C=O) groups excluding carboxylic acids is 1. The lowest BCUT2D eigenvalue weighted by Gasteiger charge is -2.14. The van der Waals surface area contributed by atoms with E-state index in [1.54, 1.807) is 37.2 Å². The van der Waals surface area contributed by atoms with Gasteiger partial charge in [-0.1, -0.05) is 48.5 Å². The number of hydrogen-bond acceptors (Lipinski definition) is 4. The van der Waals surface area contributed by atoms with Crippen molar-refractivity contribution < 1.29 is 9.90 Å². The number of nitrogens with zero attached hydrogens (tertiary/aromatic N) is 3. The minimum absolute atomic E-state index is 0.0201. The Morgan fingerprint density at radius 2 is 1.71 bits per heavy atom. The molecule has 5 rings (SSSR count). The Morgan fingerprint density at radius 3 is 2.43 bits per heavy atom. The van der Waals surface area contributed by atoms with Crippen LogP contribution in [0.5, 0.6) is 5.75 Å². The Labute approximate surface area is 204 Å². The Bertz CT molecular complexity index is 1490. The van der Waals surface area contributed by atoms with Gasteiger partial charge in [-0.3, -0.25) is 4.79 Å². The third-order valence-corrected chi connectivity index (χ3v) is 5.92. The van der Waals surface area contributed by atoms with Gasteiger partial charge in [-0.2, -0.15) is 0 Å². The van der Waals surface area contributed by atoms with Gasteiger partial charge in [-0.25, -0.2) is 4.98 Å². The highest BCUT2D eigenvalue weighted by atomic mass is 16.3. The van der Waals surface area contributed by atoms with Gasteiger partial charge in [0.1, 0.15) is 11.6 Å². The average Bonchev–Trinajstić information content (AvgIpc) is 3.22. The van der Waals surface area contributed by atoms with Crippen LogP contribution in [-0.4, -0.2) is 39.6 Å². The van der Waals surface area contributed by atoms with Gasteiger partial charge in [-0.05, 0) is 41.5 Å². The number of aromatic hydroxyl groups is 1. The third-order valence-electron chi connectivity index (χ3n) is 5.92. The van der Waals surface area contributed by atoms with Gasteiger partial charge in [0.2, 0.25) is 0 Å². The molecule has 0 unspecified atom stereocenters. The monoisotopic (exact) mass is 462 g/mol. The van der Waals surface area contributed by atoms with Crippen LogP contribution >= 0.6 is 0 Å². The Balaban J connectivity index is 1.58. The molecule has 6 nitrogen and oxygen atoms in total. The lowest BCUT2D eigenvalue weighted by Crippen LogP contribution is -2.21. The molecule has 0 bridgehead atoms. The normalized spacial score (nSPS) is 10.9. The summed E-state index contributed by atoms with van der Waals surface area (Å²) >= 11 is 0. The second-order valence-corrected chi connectivity index (χ2v) is 8.68. The number of fused-ring (bicyclic) bond motifs is 1. The van der Waals surface area contributed by atoms with E-state index < -0.39 is 0 Å². The zero-order chi connectivity index (χ0) is 24.4. The molecule has 2 N–H and O–H groups in total. The maximum absolute atomic E-state index is 12.3. The predicted molar refractivity (Wildman–Crippen MR) is 140 cm³/mol. The first-order chi connectivity index (χ1) is 17.0. The maximum atomic E-state index is 12.3. The van der Waals surface area contributed by atoms with Crippen LogP contribution < -0.4 is 5.32 Å². The van der Waals surface area contributed by atoms with Crippen molar-refractivity contribution >= 4 is 28.3 Å². The SMILES string of the molecule is CN(C)C(=O)c1ccc(-c2cc3cnc(Nc4cccc(O)c4)cc3n2Cc2ccccc2)cc1. The van der Waals surface area contributed by atoms with E-state index >= 15 is 0 Å². The molecular formula is C29H26N4O2. The number of hydrogen-bond donors (Lipinski definition) is 2. The number of benzene rings is 3. The molecule has 0 aliphatic carbocycles. The van der Waals surface area contributed by atoms with Gasteiger partial charge < -0.3 is 19.9 Å². The Morgan fingerprint density at radius 1 is 0.943 bits per heavy atom. The zero-order valence-corrected chi connectivity index (χ0v) is 19.6. The Hall–Kier alpha value is -4.58. The molecule has 0 radical (unpaired) electrons. The molecule has 0 aliphatic heterocycles. The molecule has 2 heterocycles. The minimum Gasteiger partial charge on any atom is -0.508 e. The van der Waals surface area contributed by atoms with Crippen molar-refractivity contribution in [2.75, 3.05) is 19.4 Å². The van der Waals surface area contributed by atoms with E-state index in [1.807, 2.05) is 60.8 Å². The van der Waals surface area contributed by atoms with Crippen molar-refractivity contribution in [2.45, 2.75) is 6.54 Å². The summed E-state index contributed by atoms with van der Waals surface area (Å²) in [7, 11) is 3.51. The largest absolute Gasteiger partial charge is 0.508 e. The van der Waals surface area contributed by atoms with Gasteiger partial charge in [0.15, 0.2) is 0 Å². The van der Waals surface area contributed by atoms with Crippen molar-refractivity contribution in [1.29, 1.82) is 0 Å². The van der Waals surface area contributed by atoms with Crippen LogP contribution in [0.4, 0.5) is 11.5 Å². The van der Waals surface area contributed by atoms with Crippen LogP contribution in [0.15, 0.2) is 97.2 Å². The molecule has 1 amide bonds. The van der Waals surface area contributed by atoms with Crippen LogP contribution in [0, 0.1) is 0 Å². The topological polar surface area (TPSA) is 70.4 Å². The lowest BCUT2D eigenvalue weighted by atomic mass is 10.1. The fourth-order valence-corrected chi connectivity index (χ4v) is 4.17. The van der Waals surface area contributed by atoms with Crippen LogP contribution in [0.1, 0.15) is 15.9 Å². The summed E-state index contributed by atoms with van der Waals surface area (Å²) in [6, 6.07) is 29.2. The van der Waals surface area contributed by atoms with E-state index in [1.165, 1.54) is 5.56 Å². The summed E-state index contributed by atoms with van der Waals surface area (Å²) in [6.45, 7) is 0.688. The van der Waals surface area contributed by atoms with Crippen LogP contribution in [0.2, 0.25) is 0 Å². The van der Waals surface area contributed by atoms with E-state index in [-0.39, 0.29) is 11.7 Å². The van der Waals surface area contributed by atoms with Gasteiger partial charge in [-0.15, -0.1) is 0 Å².